The molecule has 1 aromatic carbocycles. The van der Waals surface area contributed by atoms with Gasteiger partial charge in [-0.2, -0.15) is 0 Å². The predicted octanol–water partition coefficient (Wildman–Crippen LogP) is 5.07. The van der Waals surface area contributed by atoms with Crippen molar-refractivity contribution in [1.82, 2.24) is 9.88 Å². The van der Waals surface area contributed by atoms with E-state index < -0.39 is 0 Å². The number of hydrogen-bond acceptors (Lipinski definition) is 6. The van der Waals surface area contributed by atoms with Crippen molar-refractivity contribution in [2.45, 2.75) is 45.6 Å². The van der Waals surface area contributed by atoms with Crippen LogP contribution in [-0.2, 0) is 9.53 Å². The fourth-order valence-corrected chi connectivity index (χ4v) is 5.39. The molecule has 7 heteroatoms. The number of amides is 1. The van der Waals surface area contributed by atoms with Gasteiger partial charge >= 0.3 is 0 Å². The Morgan fingerprint density at radius 1 is 1.22 bits per heavy atom. The number of fused-ring (bicyclic) bond motifs is 1. The zero-order valence-corrected chi connectivity index (χ0v) is 19.8. The standard InChI is InChI=1S/C25H32N4O2S/c1-16-12-20(17(2)32-18(3)26)13-21-14-24(27-15-23(16)21)28-25(30)19-4-6-22(7-5-19)29-8-10-31-11-9-29/h12-15,19,22,26H,2,4-11H2,1,3H3,(H,27,28,30). The number of nitrogens with one attached hydrogen (secondary N) is 2. The Bertz CT molecular complexity index is 1020. The van der Waals surface area contributed by atoms with Crippen molar-refractivity contribution in [3.8, 4) is 0 Å². The molecule has 6 nitrogen and oxygen atoms in total. The number of hydrogen-bond donors (Lipinski definition) is 2. The summed E-state index contributed by atoms with van der Waals surface area (Å²) < 4.78 is 5.46. The minimum Gasteiger partial charge on any atom is -0.379 e. The maximum atomic E-state index is 12.9. The first kappa shape index (κ1) is 23.0. The van der Waals surface area contributed by atoms with E-state index in [9.17, 15) is 4.79 Å². The number of ether oxygens (including phenoxy) is 1. The van der Waals surface area contributed by atoms with Crippen LogP contribution in [-0.4, -0.2) is 53.2 Å². The molecule has 2 N–H and O–H groups in total. The van der Waals surface area contributed by atoms with E-state index >= 15 is 0 Å². The maximum Gasteiger partial charge on any atom is 0.228 e. The lowest BCUT2D eigenvalue weighted by Crippen LogP contribution is -2.45. The number of nitrogens with zero attached hydrogens (tertiary/aromatic N) is 2. The Hall–Kier alpha value is -2.22. The molecular weight excluding hydrogens is 420 g/mol. The molecule has 1 aliphatic carbocycles. The molecule has 1 saturated heterocycles. The molecule has 0 atom stereocenters. The van der Waals surface area contributed by atoms with Gasteiger partial charge in [0.05, 0.1) is 18.3 Å². The lowest BCUT2D eigenvalue weighted by atomic mass is 9.84. The molecule has 2 fully saturated rings. The molecule has 1 aliphatic heterocycles. The fourth-order valence-electron chi connectivity index (χ4n) is 4.79. The van der Waals surface area contributed by atoms with Gasteiger partial charge in [0.15, 0.2) is 0 Å². The topological polar surface area (TPSA) is 78.3 Å². The van der Waals surface area contributed by atoms with E-state index in [1.165, 1.54) is 11.8 Å². The molecule has 2 aromatic rings. The minimum atomic E-state index is 0.0459. The van der Waals surface area contributed by atoms with E-state index in [1.807, 2.05) is 19.2 Å². The van der Waals surface area contributed by atoms with Gasteiger partial charge < -0.3 is 10.1 Å². The Kier molecular flexibility index (Phi) is 7.28. The van der Waals surface area contributed by atoms with Crippen LogP contribution < -0.4 is 5.32 Å². The average Bonchev–Trinajstić information content (AvgIpc) is 2.79. The first-order chi connectivity index (χ1) is 15.4. The lowest BCUT2D eigenvalue weighted by molar-refractivity contribution is -0.121. The van der Waals surface area contributed by atoms with Gasteiger partial charge in [0.25, 0.3) is 0 Å². The highest BCUT2D eigenvalue weighted by molar-refractivity contribution is 8.21. The summed E-state index contributed by atoms with van der Waals surface area (Å²) >= 11 is 1.36. The van der Waals surface area contributed by atoms with Gasteiger partial charge in [0.2, 0.25) is 5.91 Å². The Morgan fingerprint density at radius 2 is 1.94 bits per heavy atom. The Labute approximate surface area is 194 Å². The summed E-state index contributed by atoms with van der Waals surface area (Å²) in [5, 5.41) is 13.3. The third kappa shape index (κ3) is 5.39. The predicted molar refractivity (Wildman–Crippen MR) is 133 cm³/mol. The second-order valence-electron chi connectivity index (χ2n) is 8.81. The Balaban J connectivity index is 1.41. The van der Waals surface area contributed by atoms with Crippen molar-refractivity contribution in [1.29, 1.82) is 5.41 Å². The van der Waals surface area contributed by atoms with Gasteiger partial charge in [0.1, 0.15) is 5.82 Å². The van der Waals surface area contributed by atoms with Gasteiger partial charge in [-0.1, -0.05) is 24.4 Å². The number of anilines is 1. The molecule has 0 unspecified atom stereocenters. The van der Waals surface area contributed by atoms with E-state index in [4.69, 9.17) is 10.1 Å². The first-order valence-corrected chi connectivity index (χ1v) is 12.2. The van der Waals surface area contributed by atoms with Crippen LogP contribution in [0.5, 0.6) is 0 Å². The van der Waals surface area contributed by atoms with Gasteiger partial charge in [-0.15, -0.1) is 0 Å². The molecule has 0 bridgehead atoms. The first-order valence-electron chi connectivity index (χ1n) is 11.4. The molecule has 1 saturated carbocycles. The van der Waals surface area contributed by atoms with Crippen LogP contribution in [0.1, 0.15) is 43.7 Å². The minimum absolute atomic E-state index is 0.0459. The van der Waals surface area contributed by atoms with E-state index in [0.717, 1.165) is 78.8 Å². The SMILES string of the molecule is C=C(SC(C)=N)c1cc(C)c2cnc(NC(=O)C3CCC(N4CCOCC4)CC3)cc2c1. The highest BCUT2D eigenvalue weighted by Gasteiger charge is 2.30. The van der Waals surface area contributed by atoms with Gasteiger partial charge in [-0.25, -0.2) is 4.98 Å². The molecule has 170 valence electrons. The quantitative estimate of drug-likeness (QED) is 0.489. The highest BCUT2D eigenvalue weighted by atomic mass is 32.2. The van der Waals surface area contributed by atoms with Crippen LogP contribution in [0, 0.1) is 18.3 Å². The molecule has 2 heterocycles. The van der Waals surface area contributed by atoms with Crippen LogP contribution in [0.25, 0.3) is 15.7 Å². The zero-order chi connectivity index (χ0) is 22.7. The molecule has 1 amide bonds. The number of thioether (sulfide) groups is 1. The molecule has 1 aromatic heterocycles. The smallest absolute Gasteiger partial charge is 0.228 e. The van der Waals surface area contributed by atoms with Crippen molar-refractivity contribution < 1.29 is 9.53 Å². The van der Waals surface area contributed by atoms with Crippen LogP contribution >= 0.6 is 11.8 Å². The van der Waals surface area contributed by atoms with Gasteiger partial charge in [-0.05, 0) is 68.2 Å². The largest absolute Gasteiger partial charge is 0.379 e. The van der Waals surface area contributed by atoms with Crippen molar-refractivity contribution in [3.63, 3.8) is 0 Å². The number of carbonyl (C=O) groups is 1. The summed E-state index contributed by atoms with van der Waals surface area (Å²) in [6, 6.07) is 6.66. The number of carbonyl (C=O) groups excluding carboxylic acids is 1. The average molecular weight is 453 g/mol. The normalized spacial score (nSPS) is 21.9. The fraction of sp³-hybridized carbons (Fsp3) is 0.480. The monoisotopic (exact) mass is 452 g/mol. The number of rotatable bonds is 5. The van der Waals surface area contributed by atoms with Crippen molar-refractivity contribution in [3.05, 3.63) is 42.1 Å². The van der Waals surface area contributed by atoms with Crippen LogP contribution in [0.2, 0.25) is 0 Å². The summed E-state index contributed by atoms with van der Waals surface area (Å²) in [6.07, 6.45) is 5.81. The number of morpholine rings is 1. The second kappa shape index (κ2) is 10.1. The highest BCUT2D eigenvalue weighted by Crippen LogP contribution is 2.32. The lowest BCUT2D eigenvalue weighted by Gasteiger charge is -2.38. The third-order valence-electron chi connectivity index (χ3n) is 6.52. The molecule has 2 aliphatic rings. The second-order valence-corrected chi connectivity index (χ2v) is 10.1. The van der Waals surface area contributed by atoms with Crippen LogP contribution in [0.4, 0.5) is 5.82 Å². The number of pyridine rings is 1. The summed E-state index contributed by atoms with van der Waals surface area (Å²) in [6.45, 7) is 11.6. The third-order valence-corrected chi connectivity index (χ3v) is 7.31. The van der Waals surface area contributed by atoms with Gasteiger partial charge in [0, 0.05) is 41.5 Å². The van der Waals surface area contributed by atoms with Crippen LogP contribution in [0.3, 0.4) is 0 Å². The van der Waals surface area contributed by atoms with Crippen molar-refractivity contribution in [2.24, 2.45) is 5.92 Å². The molecular formula is C25H32N4O2S. The summed E-state index contributed by atoms with van der Waals surface area (Å²) in [4.78, 5) is 20.8. The zero-order valence-electron chi connectivity index (χ0n) is 18.9. The summed E-state index contributed by atoms with van der Waals surface area (Å²) in [5.41, 5.74) is 2.10. The van der Waals surface area contributed by atoms with Crippen molar-refractivity contribution >= 4 is 44.2 Å². The Morgan fingerprint density at radius 3 is 2.62 bits per heavy atom. The number of benzene rings is 1. The van der Waals surface area contributed by atoms with Gasteiger partial charge in [-0.3, -0.25) is 15.1 Å². The van der Waals surface area contributed by atoms with E-state index in [0.29, 0.717) is 16.9 Å². The van der Waals surface area contributed by atoms with E-state index in [-0.39, 0.29) is 11.8 Å². The maximum absolute atomic E-state index is 12.9. The molecule has 0 radical (unpaired) electrons. The molecule has 32 heavy (non-hydrogen) atoms. The molecule has 4 rings (SSSR count). The molecule has 0 spiro atoms. The summed E-state index contributed by atoms with van der Waals surface area (Å²) in [7, 11) is 0. The van der Waals surface area contributed by atoms with E-state index in [2.05, 4.69) is 33.9 Å². The van der Waals surface area contributed by atoms with Crippen molar-refractivity contribution in [2.75, 3.05) is 31.6 Å². The number of aromatic nitrogens is 1. The van der Waals surface area contributed by atoms with E-state index in [1.54, 1.807) is 6.92 Å². The van der Waals surface area contributed by atoms with Crippen LogP contribution in [0.15, 0.2) is 31.0 Å². The number of aryl methyl sites for hydroxylation is 1. The summed E-state index contributed by atoms with van der Waals surface area (Å²) in [5.74, 6) is 0.713.